The van der Waals surface area contributed by atoms with Crippen LogP contribution in [0, 0.1) is 6.92 Å². The minimum Gasteiger partial charge on any atom is -0.256 e. The van der Waals surface area contributed by atoms with Crippen LogP contribution >= 0.6 is 0 Å². The molecule has 0 fully saturated rings. The van der Waals surface area contributed by atoms with Crippen molar-refractivity contribution in [2.24, 2.45) is 0 Å². The summed E-state index contributed by atoms with van der Waals surface area (Å²) in [6, 6.07) is 26.2. The molecule has 0 aliphatic carbocycles. The Morgan fingerprint density at radius 2 is 1.59 bits per heavy atom. The minimum atomic E-state index is 0.578. The van der Waals surface area contributed by atoms with Crippen LogP contribution in [0.25, 0.3) is 33.2 Å². The molecule has 1 unspecified atom stereocenters. The van der Waals surface area contributed by atoms with Gasteiger partial charge in [0, 0.05) is 17.1 Å². The molecule has 0 spiro atoms. The van der Waals surface area contributed by atoms with E-state index in [1.54, 1.807) is 0 Å². The number of aromatic nitrogens is 1. The van der Waals surface area contributed by atoms with Gasteiger partial charge in [0.2, 0.25) is 0 Å². The molecule has 1 nitrogen and oxygen atoms in total. The predicted octanol–water partition coefficient (Wildman–Crippen LogP) is 7.39. The molecular weight excluding hydrogens is 326 g/mol. The topological polar surface area (TPSA) is 12.9 Å². The molecule has 1 heteroatoms. The van der Waals surface area contributed by atoms with Gasteiger partial charge in [0.25, 0.3) is 0 Å². The van der Waals surface area contributed by atoms with Crippen LogP contribution in [-0.2, 0) is 0 Å². The molecule has 4 aromatic rings. The van der Waals surface area contributed by atoms with Crippen LogP contribution in [0.4, 0.5) is 0 Å². The fraction of sp³-hybridized carbons (Fsp3) is 0.192. The van der Waals surface area contributed by atoms with Crippen molar-refractivity contribution < 1.29 is 0 Å². The SMILES string of the molecule is CCC(C)c1ccc2c(-c3cc(C)cc(-c4ccccc4)c3)nccc2c1. The molecule has 27 heavy (non-hydrogen) atoms. The average Bonchev–Trinajstić information content (AvgIpc) is 2.72. The van der Waals surface area contributed by atoms with Gasteiger partial charge < -0.3 is 0 Å². The van der Waals surface area contributed by atoms with Crippen molar-refractivity contribution in [2.45, 2.75) is 33.1 Å². The first kappa shape index (κ1) is 17.5. The van der Waals surface area contributed by atoms with E-state index in [2.05, 4.69) is 93.6 Å². The molecule has 4 rings (SSSR count). The van der Waals surface area contributed by atoms with Gasteiger partial charge in [-0.05, 0) is 65.1 Å². The Morgan fingerprint density at radius 1 is 0.815 bits per heavy atom. The number of aryl methyl sites for hydroxylation is 1. The maximum absolute atomic E-state index is 4.75. The van der Waals surface area contributed by atoms with E-state index in [1.807, 2.05) is 6.20 Å². The van der Waals surface area contributed by atoms with E-state index < -0.39 is 0 Å². The van der Waals surface area contributed by atoms with Crippen molar-refractivity contribution in [3.63, 3.8) is 0 Å². The molecule has 0 aliphatic heterocycles. The van der Waals surface area contributed by atoms with Gasteiger partial charge in [-0.15, -0.1) is 0 Å². The Labute approximate surface area is 161 Å². The minimum absolute atomic E-state index is 0.578. The van der Waals surface area contributed by atoms with Crippen molar-refractivity contribution in [2.75, 3.05) is 0 Å². The van der Waals surface area contributed by atoms with E-state index in [9.17, 15) is 0 Å². The molecule has 1 aromatic heterocycles. The molecule has 0 radical (unpaired) electrons. The summed E-state index contributed by atoms with van der Waals surface area (Å²) in [5.74, 6) is 0.578. The molecule has 0 N–H and O–H groups in total. The van der Waals surface area contributed by atoms with Crippen LogP contribution < -0.4 is 0 Å². The third-order valence-corrected chi connectivity index (χ3v) is 5.43. The van der Waals surface area contributed by atoms with Crippen molar-refractivity contribution in [1.29, 1.82) is 0 Å². The molecule has 0 saturated carbocycles. The zero-order chi connectivity index (χ0) is 18.8. The highest BCUT2D eigenvalue weighted by Gasteiger charge is 2.10. The number of benzene rings is 3. The molecule has 0 saturated heterocycles. The van der Waals surface area contributed by atoms with Gasteiger partial charge in [-0.2, -0.15) is 0 Å². The molecule has 134 valence electrons. The Balaban J connectivity index is 1.86. The van der Waals surface area contributed by atoms with E-state index >= 15 is 0 Å². The lowest BCUT2D eigenvalue weighted by atomic mass is 9.93. The third kappa shape index (κ3) is 3.50. The number of fused-ring (bicyclic) bond motifs is 1. The summed E-state index contributed by atoms with van der Waals surface area (Å²) in [4.78, 5) is 4.75. The van der Waals surface area contributed by atoms with Crippen molar-refractivity contribution in [3.05, 3.63) is 90.1 Å². The average molecular weight is 351 g/mol. The van der Waals surface area contributed by atoms with Crippen LogP contribution in [-0.4, -0.2) is 4.98 Å². The first-order valence-electron chi connectivity index (χ1n) is 9.72. The number of pyridine rings is 1. The van der Waals surface area contributed by atoms with E-state index in [4.69, 9.17) is 4.98 Å². The normalized spacial score (nSPS) is 12.3. The van der Waals surface area contributed by atoms with Crippen LogP contribution in [0.1, 0.15) is 37.3 Å². The lowest BCUT2D eigenvalue weighted by Crippen LogP contribution is -1.93. The van der Waals surface area contributed by atoms with Gasteiger partial charge in [-0.3, -0.25) is 4.98 Å². The smallest absolute Gasteiger partial charge is 0.0780 e. The molecule has 0 aliphatic rings. The second kappa shape index (κ2) is 7.36. The maximum Gasteiger partial charge on any atom is 0.0780 e. The highest BCUT2D eigenvalue weighted by atomic mass is 14.7. The lowest BCUT2D eigenvalue weighted by molar-refractivity contribution is 0.735. The molecule has 1 atom stereocenters. The molecule has 0 bridgehead atoms. The zero-order valence-corrected chi connectivity index (χ0v) is 16.2. The predicted molar refractivity (Wildman–Crippen MR) is 116 cm³/mol. The van der Waals surface area contributed by atoms with Crippen molar-refractivity contribution in [1.82, 2.24) is 4.98 Å². The van der Waals surface area contributed by atoms with Crippen LogP contribution in [0.15, 0.2) is 79.0 Å². The molecule has 1 heterocycles. The highest BCUT2D eigenvalue weighted by molar-refractivity contribution is 5.95. The quantitative estimate of drug-likeness (QED) is 0.373. The second-order valence-electron chi connectivity index (χ2n) is 7.40. The number of rotatable bonds is 4. The van der Waals surface area contributed by atoms with E-state index in [0.717, 1.165) is 12.1 Å². The second-order valence-corrected chi connectivity index (χ2v) is 7.40. The van der Waals surface area contributed by atoms with E-state index in [1.165, 1.54) is 38.6 Å². The van der Waals surface area contributed by atoms with Gasteiger partial charge in [0.05, 0.1) is 5.69 Å². The summed E-state index contributed by atoms with van der Waals surface area (Å²) in [5, 5.41) is 2.48. The fourth-order valence-electron chi connectivity index (χ4n) is 3.69. The fourth-order valence-corrected chi connectivity index (χ4v) is 3.69. The first-order valence-corrected chi connectivity index (χ1v) is 9.72. The lowest BCUT2D eigenvalue weighted by Gasteiger charge is -2.13. The van der Waals surface area contributed by atoms with Gasteiger partial charge in [-0.25, -0.2) is 0 Å². The maximum atomic E-state index is 4.75. The largest absolute Gasteiger partial charge is 0.256 e. The summed E-state index contributed by atoms with van der Waals surface area (Å²) in [6.45, 7) is 6.68. The highest BCUT2D eigenvalue weighted by Crippen LogP contribution is 2.32. The third-order valence-electron chi connectivity index (χ3n) is 5.43. The number of hydrogen-bond donors (Lipinski definition) is 0. The van der Waals surface area contributed by atoms with E-state index in [-0.39, 0.29) is 0 Å². The summed E-state index contributed by atoms with van der Waals surface area (Å²) in [6.07, 6.45) is 3.09. The summed E-state index contributed by atoms with van der Waals surface area (Å²) in [5.41, 5.74) is 7.36. The van der Waals surface area contributed by atoms with Gasteiger partial charge in [0.15, 0.2) is 0 Å². The monoisotopic (exact) mass is 351 g/mol. The summed E-state index contributed by atoms with van der Waals surface area (Å²) >= 11 is 0. The van der Waals surface area contributed by atoms with Gasteiger partial charge >= 0.3 is 0 Å². The number of nitrogens with zero attached hydrogens (tertiary/aromatic N) is 1. The van der Waals surface area contributed by atoms with Crippen molar-refractivity contribution in [3.8, 4) is 22.4 Å². The summed E-state index contributed by atoms with van der Waals surface area (Å²) < 4.78 is 0. The Morgan fingerprint density at radius 3 is 2.37 bits per heavy atom. The van der Waals surface area contributed by atoms with Crippen LogP contribution in [0.2, 0.25) is 0 Å². The Kier molecular flexibility index (Phi) is 4.77. The van der Waals surface area contributed by atoms with Crippen LogP contribution in [0.3, 0.4) is 0 Å². The Bertz CT molecular complexity index is 1080. The van der Waals surface area contributed by atoms with E-state index in [0.29, 0.717) is 5.92 Å². The first-order chi connectivity index (χ1) is 13.2. The van der Waals surface area contributed by atoms with Gasteiger partial charge in [0.1, 0.15) is 0 Å². The van der Waals surface area contributed by atoms with Crippen molar-refractivity contribution >= 4 is 10.8 Å². The molecule has 3 aromatic carbocycles. The zero-order valence-electron chi connectivity index (χ0n) is 16.2. The van der Waals surface area contributed by atoms with Crippen LogP contribution in [0.5, 0.6) is 0 Å². The number of hydrogen-bond acceptors (Lipinski definition) is 1. The van der Waals surface area contributed by atoms with Gasteiger partial charge in [-0.1, -0.05) is 68.4 Å². The molecular formula is C26H25N. The Hall–Kier alpha value is -2.93. The molecule has 0 amide bonds. The standard InChI is InChI=1S/C26H25N/c1-4-19(3)21-10-11-25-22(16-21)12-13-27-26(25)24-15-18(2)14-23(17-24)20-8-6-5-7-9-20/h5-17,19H,4H2,1-3H3. The summed E-state index contributed by atoms with van der Waals surface area (Å²) in [7, 11) is 0.